The summed E-state index contributed by atoms with van der Waals surface area (Å²) in [6.45, 7) is 8.10. The highest BCUT2D eigenvalue weighted by Gasteiger charge is 2.46. The lowest BCUT2D eigenvalue weighted by Crippen LogP contribution is -2.56. The van der Waals surface area contributed by atoms with Gasteiger partial charge in [-0.25, -0.2) is 0 Å². The smallest absolute Gasteiger partial charge is 0.257 e. The molecule has 170 valence electrons. The zero-order valence-electron chi connectivity index (χ0n) is 19.5. The minimum absolute atomic E-state index is 0.0729. The third kappa shape index (κ3) is 4.17. The molecule has 2 aliphatic rings. The largest absolute Gasteiger partial charge is 0.493 e. The van der Waals surface area contributed by atoms with Crippen LogP contribution in [0.4, 0.5) is 5.69 Å². The highest BCUT2D eigenvalue weighted by Crippen LogP contribution is 2.35. The monoisotopic (exact) mass is 436 g/mol. The number of ether oxygens (including phenoxy) is 2. The predicted octanol–water partition coefficient (Wildman–Crippen LogP) is 3.70. The Labute approximate surface area is 189 Å². The molecule has 0 saturated carbocycles. The summed E-state index contributed by atoms with van der Waals surface area (Å²) in [4.78, 5) is 20.4. The predicted molar refractivity (Wildman–Crippen MR) is 127 cm³/mol. The number of fused-ring (bicyclic) bond motifs is 1. The fourth-order valence-corrected chi connectivity index (χ4v) is 4.41. The van der Waals surface area contributed by atoms with Crippen LogP contribution >= 0.6 is 0 Å². The summed E-state index contributed by atoms with van der Waals surface area (Å²) in [6.07, 6.45) is 0.765. The number of hydrogen-bond acceptors (Lipinski definition) is 5. The molecule has 32 heavy (non-hydrogen) atoms. The topological polar surface area (TPSA) is 75.2 Å². The van der Waals surface area contributed by atoms with E-state index in [1.165, 1.54) is 5.56 Å². The van der Waals surface area contributed by atoms with E-state index in [1.54, 1.807) is 26.4 Å². The van der Waals surface area contributed by atoms with E-state index in [2.05, 4.69) is 43.5 Å². The normalized spacial score (nSPS) is 21.8. The van der Waals surface area contributed by atoms with Crippen molar-refractivity contribution in [2.45, 2.75) is 44.8 Å². The Balaban J connectivity index is 1.68. The van der Waals surface area contributed by atoms with Crippen LogP contribution in [0.2, 0.25) is 0 Å². The Morgan fingerprint density at radius 3 is 2.59 bits per heavy atom. The van der Waals surface area contributed by atoms with E-state index in [9.17, 15) is 4.79 Å². The highest BCUT2D eigenvalue weighted by atomic mass is 16.5. The van der Waals surface area contributed by atoms with Gasteiger partial charge in [-0.15, -0.1) is 0 Å². The molecule has 0 aliphatic carbocycles. The van der Waals surface area contributed by atoms with Gasteiger partial charge >= 0.3 is 0 Å². The molecule has 1 amide bonds. The Morgan fingerprint density at radius 1 is 1.09 bits per heavy atom. The van der Waals surface area contributed by atoms with Crippen molar-refractivity contribution in [3.63, 3.8) is 0 Å². The first-order valence-corrected chi connectivity index (χ1v) is 11.0. The Morgan fingerprint density at radius 2 is 1.88 bits per heavy atom. The fourth-order valence-electron chi connectivity index (χ4n) is 4.41. The summed E-state index contributed by atoms with van der Waals surface area (Å²) in [6, 6.07) is 13.7. The first-order chi connectivity index (χ1) is 15.3. The summed E-state index contributed by atoms with van der Waals surface area (Å²) in [5.74, 6) is 1.81. The maximum atomic E-state index is 13.5. The summed E-state index contributed by atoms with van der Waals surface area (Å²) in [5.41, 5.74) is 2.03. The molecule has 1 fully saturated rings. The number of nitrogens with one attached hydrogen (secondary N) is 2. The van der Waals surface area contributed by atoms with Gasteiger partial charge in [0.1, 0.15) is 5.84 Å². The number of nitrogens with zero attached hydrogens (tertiary/aromatic N) is 2. The van der Waals surface area contributed by atoms with Gasteiger partial charge in [-0.3, -0.25) is 15.1 Å². The van der Waals surface area contributed by atoms with Crippen molar-refractivity contribution in [2.24, 2.45) is 4.99 Å². The number of likely N-dealkylation sites (tertiary alicyclic amines) is 1. The Bertz CT molecular complexity index is 1040. The minimum Gasteiger partial charge on any atom is -0.493 e. The fraction of sp³-hybridized carbons (Fsp3) is 0.440. The van der Waals surface area contributed by atoms with Gasteiger partial charge < -0.3 is 19.7 Å². The van der Waals surface area contributed by atoms with Crippen LogP contribution in [0.1, 0.15) is 43.1 Å². The van der Waals surface area contributed by atoms with Crippen LogP contribution in [0.15, 0.2) is 47.5 Å². The molecule has 0 radical (unpaired) electrons. The highest BCUT2D eigenvalue weighted by molar-refractivity contribution is 6.05. The van der Waals surface area contributed by atoms with Gasteiger partial charge in [-0.2, -0.15) is 0 Å². The van der Waals surface area contributed by atoms with Crippen LogP contribution in [-0.2, 0) is 6.54 Å². The average molecular weight is 437 g/mol. The van der Waals surface area contributed by atoms with E-state index in [0.717, 1.165) is 17.9 Å². The van der Waals surface area contributed by atoms with Crippen LogP contribution in [0.5, 0.6) is 11.5 Å². The molecule has 0 unspecified atom stereocenters. The van der Waals surface area contributed by atoms with E-state index in [4.69, 9.17) is 14.5 Å². The van der Waals surface area contributed by atoms with E-state index in [-0.39, 0.29) is 11.4 Å². The number of amidine groups is 1. The molecule has 7 heteroatoms. The van der Waals surface area contributed by atoms with Crippen molar-refractivity contribution in [2.75, 3.05) is 32.6 Å². The molecule has 1 atom stereocenters. The number of anilines is 1. The molecule has 7 nitrogen and oxygen atoms in total. The molecule has 2 N–H and O–H groups in total. The first kappa shape index (κ1) is 22.1. The van der Waals surface area contributed by atoms with E-state index in [1.807, 2.05) is 23.1 Å². The molecule has 1 spiro atoms. The molecule has 2 aromatic carbocycles. The number of rotatable bonds is 3. The first-order valence-electron chi connectivity index (χ1n) is 11.0. The Hall–Kier alpha value is -3.06. The van der Waals surface area contributed by atoms with Crippen LogP contribution < -0.4 is 20.1 Å². The summed E-state index contributed by atoms with van der Waals surface area (Å²) in [5, 5.41) is 7.32. The number of para-hydroxylation sites is 2. The molecule has 0 bridgehead atoms. The van der Waals surface area contributed by atoms with Gasteiger partial charge in [0.05, 0.1) is 30.9 Å². The standard InChI is InChI=1S/C25H32N4O3/c1-24(2,3)28-23-25(26-15-17-9-6-7-11-19(17)27-23)13-14-29(16-25)22(30)18-10-8-12-20(31-4)21(18)32-5/h6-12,26H,13-16H2,1-5H3,(H,27,28)/t25-/m1/s1. The van der Waals surface area contributed by atoms with Crippen molar-refractivity contribution in [1.82, 2.24) is 10.2 Å². The average Bonchev–Trinajstić information content (AvgIpc) is 3.15. The number of carbonyl (C=O) groups is 1. The second-order valence-electron chi connectivity index (χ2n) is 9.37. The molecular formula is C25H32N4O3. The van der Waals surface area contributed by atoms with Crippen LogP contribution in [0.25, 0.3) is 0 Å². The van der Waals surface area contributed by atoms with Crippen molar-refractivity contribution in [1.29, 1.82) is 0 Å². The zero-order chi connectivity index (χ0) is 22.9. The van der Waals surface area contributed by atoms with Crippen LogP contribution in [0.3, 0.4) is 0 Å². The third-order valence-electron chi connectivity index (χ3n) is 5.98. The van der Waals surface area contributed by atoms with E-state index >= 15 is 0 Å². The number of carbonyl (C=O) groups excluding carboxylic acids is 1. The van der Waals surface area contributed by atoms with Crippen molar-refractivity contribution < 1.29 is 14.3 Å². The minimum atomic E-state index is -0.450. The second kappa shape index (κ2) is 8.47. The van der Waals surface area contributed by atoms with Gasteiger partial charge in [0.25, 0.3) is 5.91 Å². The number of methoxy groups -OCH3 is 2. The molecule has 0 aromatic heterocycles. The maximum absolute atomic E-state index is 13.5. The third-order valence-corrected chi connectivity index (χ3v) is 5.98. The molecule has 2 aromatic rings. The summed E-state index contributed by atoms with van der Waals surface area (Å²) < 4.78 is 10.9. The van der Waals surface area contributed by atoms with Crippen molar-refractivity contribution in [3.05, 3.63) is 53.6 Å². The lowest BCUT2D eigenvalue weighted by Gasteiger charge is -2.32. The van der Waals surface area contributed by atoms with Crippen molar-refractivity contribution >= 4 is 17.4 Å². The number of benzene rings is 2. The van der Waals surface area contributed by atoms with E-state index < -0.39 is 5.54 Å². The lowest BCUT2D eigenvalue weighted by molar-refractivity contribution is 0.0781. The molecule has 2 aliphatic heterocycles. The summed E-state index contributed by atoms with van der Waals surface area (Å²) in [7, 11) is 3.13. The number of amides is 1. The Kier molecular flexibility index (Phi) is 5.86. The molecule has 1 saturated heterocycles. The quantitative estimate of drug-likeness (QED) is 0.767. The van der Waals surface area contributed by atoms with Crippen molar-refractivity contribution in [3.8, 4) is 11.5 Å². The van der Waals surface area contributed by atoms with Crippen LogP contribution in [0, 0.1) is 0 Å². The molecule has 2 heterocycles. The van der Waals surface area contributed by atoms with Crippen LogP contribution in [-0.4, -0.2) is 55.0 Å². The zero-order valence-corrected chi connectivity index (χ0v) is 19.5. The summed E-state index contributed by atoms with van der Waals surface area (Å²) >= 11 is 0. The van der Waals surface area contributed by atoms with Gasteiger partial charge in [0, 0.05) is 25.3 Å². The molecule has 4 rings (SSSR count). The maximum Gasteiger partial charge on any atom is 0.257 e. The second-order valence-corrected chi connectivity index (χ2v) is 9.37. The van der Waals surface area contributed by atoms with E-state index in [0.29, 0.717) is 36.7 Å². The molecular weight excluding hydrogens is 404 g/mol. The SMILES string of the molecule is COc1cccc(C(=O)N2CC[C@]3(C2)NCc2ccccc2NC3=NC(C)(C)C)c1OC. The van der Waals surface area contributed by atoms with Gasteiger partial charge in [0.15, 0.2) is 11.5 Å². The lowest BCUT2D eigenvalue weighted by atomic mass is 9.95. The van der Waals surface area contributed by atoms with Gasteiger partial charge in [0.2, 0.25) is 0 Å². The van der Waals surface area contributed by atoms with Gasteiger partial charge in [-0.05, 0) is 51.0 Å². The number of hydrogen-bond donors (Lipinski definition) is 2. The number of aliphatic imine (C=N–C) groups is 1. The van der Waals surface area contributed by atoms with Gasteiger partial charge in [-0.1, -0.05) is 24.3 Å².